The van der Waals surface area contributed by atoms with Crippen molar-refractivity contribution in [1.29, 1.82) is 0 Å². The Morgan fingerprint density at radius 1 is 0.956 bits per heavy atom. The van der Waals surface area contributed by atoms with Gasteiger partial charge in [0.05, 0.1) is 10.4 Å². The van der Waals surface area contributed by atoms with Crippen molar-refractivity contribution in [1.82, 2.24) is 14.1 Å². The molecule has 0 radical (unpaired) electrons. The summed E-state index contributed by atoms with van der Waals surface area (Å²) >= 11 is 1.71. The summed E-state index contributed by atoms with van der Waals surface area (Å²) in [7, 11) is 0. The van der Waals surface area contributed by atoms with Crippen LogP contribution in [0.25, 0.3) is 10.9 Å². The van der Waals surface area contributed by atoms with E-state index < -0.39 is 11.0 Å². The van der Waals surface area contributed by atoms with Gasteiger partial charge in [0.25, 0.3) is 5.69 Å². The fraction of sp³-hybridized carbons (Fsp3) is 0.0882. The molecular formula is C34H24N4O6S. The zero-order valence-electron chi connectivity index (χ0n) is 23.6. The molecule has 0 N–H and O–H groups in total. The number of benzene rings is 3. The zero-order valence-corrected chi connectivity index (χ0v) is 24.4. The molecule has 4 heterocycles. The maximum Gasteiger partial charge on any atom is 0.423 e. The highest BCUT2D eigenvalue weighted by Crippen LogP contribution is 2.42. The van der Waals surface area contributed by atoms with Gasteiger partial charge in [0.1, 0.15) is 23.5 Å². The number of non-ortho nitro benzene ring substituents is 1. The molecule has 0 saturated carbocycles. The van der Waals surface area contributed by atoms with Gasteiger partial charge in [-0.2, -0.15) is 0 Å². The lowest BCUT2D eigenvalue weighted by atomic mass is 10.0. The smallest absolute Gasteiger partial charge is 0.423 e. The van der Waals surface area contributed by atoms with Crippen molar-refractivity contribution in [2.75, 3.05) is 0 Å². The van der Waals surface area contributed by atoms with E-state index in [2.05, 4.69) is 9.55 Å². The predicted octanol–water partition coefficient (Wildman–Crippen LogP) is 7.40. The molecule has 222 valence electrons. The van der Waals surface area contributed by atoms with Crippen molar-refractivity contribution in [2.45, 2.75) is 17.7 Å². The van der Waals surface area contributed by atoms with Crippen LogP contribution >= 0.6 is 11.8 Å². The first-order valence-corrected chi connectivity index (χ1v) is 15.1. The van der Waals surface area contributed by atoms with Crippen LogP contribution < -0.4 is 9.47 Å². The predicted molar refractivity (Wildman–Crippen MR) is 169 cm³/mol. The number of carbonyl (C=O) groups is 2. The number of pyridine rings is 1. The maximum absolute atomic E-state index is 14.1. The first kappa shape index (κ1) is 28.1. The summed E-state index contributed by atoms with van der Waals surface area (Å²) in [5.41, 5.74) is 4.12. The molecule has 0 aliphatic carbocycles. The molecule has 0 spiro atoms. The van der Waals surface area contributed by atoms with Crippen molar-refractivity contribution in [3.05, 3.63) is 154 Å². The highest BCUT2D eigenvalue weighted by Gasteiger charge is 2.30. The first-order valence-electron chi connectivity index (χ1n) is 14.0. The van der Waals surface area contributed by atoms with Crippen molar-refractivity contribution >= 4 is 40.2 Å². The minimum atomic E-state index is -0.776. The minimum Gasteiger partial charge on any atom is -0.489 e. The van der Waals surface area contributed by atoms with Gasteiger partial charge >= 0.3 is 6.09 Å². The SMILES string of the molecule is O=C(c1ccn2c1CSC2c1cccnc1)c1cn(C(=O)Oc2ccc([N+](=O)[O-])cc2)c2cc(OCc3ccccc3)ccc12. The van der Waals surface area contributed by atoms with E-state index in [1.54, 1.807) is 36.2 Å². The van der Waals surface area contributed by atoms with E-state index in [0.717, 1.165) is 16.8 Å². The molecule has 1 unspecified atom stereocenters. The van der Waals surface area contributed by atoms with Gasteiger partial charge < -0.3 is 14.0 Å². The second-order valence-electron chi connectivity index (χ2n) is 10.3. The van der Waals surface area contributed by atoms with Gasteiger partial charge in [-0.3, -0.25) is 24.5 Å². The molecule has 45 heavy (non-hydrogen) atoms. The number of nitro groups is 1. The molecular weight excluding hydrogens is 592 g/mol. The van der Waals surface area contributed by atoms with Crippen LogP contribution in [0, 0.1) is 10.1 Å². The average molecular weight is 617 g/mol. The van der Waals surface area contributed by atoms with E-state index in [9.17, 15) is 19.7 Å². The van der Waals surface area contributed by atoms with E-state index in [1.807, 2.05) is 60.9 Å². The second-order valence-corrected chi connectivity index (χ2v) is 11.4. The Hall–Kier alpha value is -5.68. The van der Waals surface area contributed by atoms with Crippen molar-refractivity contribution < 1.29 is 24.0 Å². The van der Waals surface area contributed by atoms with E-state index >= 15 is 0 Å². The van der Waals surface area contributed by atoms with Gasteiger partial charge in [-0.1, -0.05) is 36.4 Å². The summed E-state index contributed by atoms with van der Waals surface area (Å²) in [6, 6.07) is 25.9. The molecule has 3 aromatic heterocycles. The van der Waals surface area contributed by atoms with E-state index in [0.29, 0.717) is 40.1 Å². The van der Waals surface area contributed by atoms with Crippen LogP contribution in [0.1, 0.15) is 38.1 Å². The normalized spacial score (nSPS) is 13.8. The number of rotatable bonds is 8. The van der Waals surface area contributed by atoms with Crippen molar-refractivity contribution in [3.8, 4) is 11.5 Å². The second kappa shape index (κ2) is 11.8. The Balaban J connectivity index is 1.24. The summed E-state index contributed by atoms with van der Waals surface area (Å²) < 4.78 is 14.9. The molecule has 11 heteroatoms. The summed E-state index contributed by atoms with van der Waals surface area (Å²) in [5.74, 6) is 1.06. The maximum atomic E-state index is 14.1. The lowest BCUT2D eigenvalue weighted by molar-refractivity contribution is -0.384. The summed E-state index contributed by atoms with van der Waals surface area (Å²) in [5, 5.41) is 11.6. The summed E-state index contributed by atoms with van der Waals surface area (Å²) in [4.78, 5) is 42.4. The van der Waals surface area contributed by atoms with Gasteiger partial charge in [-0.05, 0) is 42.0 Å². The first-order chi connectivity index (χ1) is 22.0. The Labute approximate surface area is 261 Å². The largest absolute Gasteiger partial charge is 0.489 e. The summed E-state index contributed by atoms with van der Waals surface area (Å²) in [6.45, 7) is 0.318. The number of thioether (sulfide) groups is 1. The standard InChI is InChI=1S/C34H24N4O6S/c39-32(28-14-16-36-31(28)21-45-33(36)23-7-4-15-35-18-23)29-19-37(34(40)44-25-10-8-24(9-11-25)38(41)42)30-17-26(12-13-27(29)30)43-20-22-5-2-1-3-6-22/h1-19,33H,20-21H2. The monoisotopic (exact) mass is 616 g/mol. The molecule has 1 aliphatic rings. The van der Waals surface area contributed by atoms with Crippen LogP contribution in [0.5, 0.6) is 11.5 Å². The minimum absolute atomic E-state index is 0.0117. The molecule has 1 aliphatic heterocycles. The third-order valence-electron chi connectivity index (χ3n) is 7.59. The van der Waals surface area contributed by atoms with E-state index in [4.69, 9.17) is 9.47 Å². The molecule has 0 saturated heterocycles. The van der Waals surface area contributed by atoms with Crippen LogP contribution in [0.4, 0.5) is 10.5 Å². The number of nitro benzene ring substituents is 1. The molecule has 10 nitrogen and oxygen atoms in total. The number of nitrogens with zero attached hydrogens (tertiary/aromatic N) is 4. The lowest BCUT2D eigenvalue weighted by Crippen LogP contribution is -2.16. The molecule has 6 aromatic rings. The Morgan fingerprint density at radius 2 is 1.76 bits per heavy atom. The number of carbonyl (C=O) groups excluding carboxylic acids is 2. The molecule has 3 aromatic carbocycles. The van der Waals surface area contributed by atoms with Crippen LogP contribution in [-0.4, -0.2) is 30.9 Å². The third kappa shape index (κ3) is 5.45. The Kier molecular flexibility index (Phi) is 7.36. The van der Waals surface area contributed by atoms with Gasteiger partial charge in [0.2, 0.25) is 0 Å². The van der Waals surface area contributed by atoms with E-state index in [1.165, 1.54) is 35.0 Å². The van der Waals surface area contributed by atoms with Crippen LogP contribution in [0.2, 0.25) is 0 Å². The van der Waals surface area contributed by atoms with Crippen LogP contribution in [0.3, 0.4) is 0 Å². The number of hydrogen-bond acceptors (Lipinski definition) is 8. The van der Waals surface area contributed by atoms with Gasteiger partial charge in [-0.15, -0.1) is 11.8 Å². The fourth-order valence-corrected chi connectivity index (χ4v) is 6.69. The fourth-order valence-electron chi connectivity index (χ4n) is 5.38. The Morgan fingerprint density at radius 3 is 2.51 bits per heavy atom. The molecule has 0 fully saturated rings. The topological polar surface area (TPSA) is 118 Å². The highest BCUT2D eigenvalue weighted by molar-refractivity contribution is 7.99. The van der Waals surface area contributed by atoms with Crippen molar-refractivity contribution in [3.63, 3.8) is 0 Å². The van der Waals surface area contributed by atoms with Gasteiger partial charge in [0.15, 0.2) is 5.78 Å². The van der Waals surface area contributed by atoms with Crippen LogP contribution in [0.15, 0.2) is 116 Å². The molecule has 7 rings (SSSR count). The number of fused-ring (bicyclic) bond motifs is 2. The van der Waals surface area contributed by atoms with Gasteiger partial charge in [0, 0.05) is 76.5 Å². The quantitative estimate of drug-likeness (QED) is 0.0986. The number of ketones is 1. The molecule has 1 atom stereocenters. The van der Waals surface area contributed by atoms with Gasteiger partial charge in [-0.25, -0.2) is 4.79 Å². The zero-order chi connectivity index (χ0) is 30.9. The number of hydrogen-bond donors (Lipinski definition) is 0. The average Bonchev–Trinajstić information content (AvgIpc) is 3.78. The number of aromatic nitrogens is 3. The van der Waals surface area contributed by atoms with E-state index in [-0.39, 0.29) is 22.6 Å². The highest BCUT2D eigenvalue weighted by atomic mass is 32.2. The molecule has 0 amide bonds. The lowest BCUT2D eigenvalue weighted by Gasteiger charge is -2.11. The Bertz CT molecular complexity index is 2060. The summed E-state index contributed by atoms with van der Waals surface area (Å²) in [6.07, 6.45) is 6.18. The van der Waals surface area contributed by atoms with Crippen LogP contribution in [-0.2, 0) is 12.4 Å². The third-order valence-corrected chi connectivity index (χ3v) is 8.84. The molecule has 0 bridgehead atoms. The van der Waals surface area contributed by atoms with Crippen molar-refractivity contribution in [2.24, 2.45) is 0 Å². The number of ether oxygens (including phenoxy) is 2.